The highest BCUT2D eigenvalue weighted by Crippen LogP contribution is 2.31. The van der Waals surface area contributed by atoms with E-state index < -0.39 is 22.5 Å². The summed E-state index contributed by atoms with van der Waals surface area (Å²) in [4.78, 5) is 14.2. The van der Waals surface area contributed by atoms with E-state index in [0.29, 0.717) is 27.9 Å². The molecule has 4 aromatic carbocycles. The Kier molecular flexibility index (Phi) is 8.99. The van der Waals surface area contributed by atoms with Gasteiger partial charge in [0.25, 0.3) is 10.0 Å². The highest BCUT2D eigenvalue weighted by atomic mass is 35.5. The van der Waals surface area contributed by atoms with Crippen LogP contribution in [0.5, 0.6) is 5.75 Å². The zero-order valence-corrected chi connectivity index (χ0v) is 23.3. The van der Waals surface area contributed by atoms with Gasteiger partial charge in [0, 0.05) is 15.7 Å². The number of benzene rings is 4. The summed E-state index contributed by atoms with van der Waals surface area (Å²) < 4.78 is 33.6. The fraction of sp³-hybridized carbons (Fsp3) is 0.138. The molecular weight excluding hydrogens is 540 g/mol. The van der Waals surface area contributed by atoms with Crippen molar-refractivity contribution in [2.75, 3.05) is 23.3 Å². The standard InChI is InChI=1S/C29H27ClN2O4S2/c1-21-7-13-24(14-8-21)32(38(34,35)26-17-15-25(36-2)16-18-26)19-29(33)31-27-5-3-4-6-28(27)37-20-22-9-11-23(30)12-10-22/h3-18H,19-20H2,1-2H3,(H,31,33). The maximum Gasteiger partial charge on any atom is 0.264 e. The van der Waals surface area contributed by atoms with Crippen LogP contribution in [0.1, 0.15) is 11.1 Å². The fourth-order valence-electron chi connectivity index (χ4n) is 3.66. The molecule has 196 valence electrons. The van der Waals surface area contributed by atoms with Crippen LogP contribution in [0.3, 0.4) is 0 Å². The van der Waals surface area contributed by atoms with Gasteiger partial charge in [0.2, 0.25) is 5.91 Å². The van der Waals surface area contributed by atoms with Crippen LogP contribution >= 0.6 is 23.4 Å². The normalized spacial score (nSPS) is 11.1. The van der Waals surface area contributed by atoms with Gasteiger partial charge in [-0.25, -0.2) is 8.42 Å². The Hall–Kier alpha value is -3.46. The van der Waals surface area contributed by atoms with E-state index in [4.69, 9.17) is 16.3 Å². The average molecular weight is 567 g/mol. The van der Waals surface area contributed by atoms with Crippen molar-refractivity contribution in [3.63, 3.8) is 0 Å². The Balaban J connectivity index is 1.56. The number of sulfonamides is 1. The third-order valence-corrected chi connectivity index (χ3v) is 8.91. The summed E-state index contributed by atoms with van der Waals surface area (Å²) in [5.41, 5.74) is 3.08. The molecule has 0 aliphatic heterocycles. The second kappa shape index (κ2) is 12.4. The Morgan fingerprint density at radius 1 is 0.921 bits per heavy atom. The number of carbonyl (C=O) groups is 1. The lowest BCUT2D eigenvalue weighted by Crippen LogP contribution is -2.38. The lowest BCUT2D eigenvalue weighted by molar-refractivity contribution is -0.114. The third-order valence-electron chi connectivity index (χ3n) is 5.73. The first-order valence-electron chi connectivity index (χ1n) is 11.8. The van der Waals surface area contributed by atoms with Gasteiger partial charge in [0.1, 0.15) is 12.3 Å². The average Bonchev–Trinajstić information content (AvgIpc) is 2.92. The van der Waals surface area contributed by atoms with E-state index >= 15 is 0 Å². The quantitative estimate of drug-likeness (QED) is 0.214. The smallest absolute Gasteiger partial charge is 0.264 e. The lowest BCUT2D eigenvalue weighted by Gasteiger charge is -2.24. The minimum absolute atomic E-state index is 0.0607. The zero-order chi connectivity index (χ0) is 27.1. The van der Waals surface area contributed by atoms with Gasteiger partial charge in [0.15, 0.2) is 0 Å². The number of methoxy groups -OCH3 is 1. The highest BCUT2D eigenvalue weighted by Gasteiger charge is 2.27. The molecule has 0 unspecified atom stereocenters. The second-order valence-corrected chi connectivity index (χ2v) is 11.8. The lowest BCUT2D eigenvalue weighted by atomic mass is 10.2. The van der Waals surface area contributed by atoms with Crippen LogP contribution in [-0.2, 0) is 20.6 Å². The molecule has 0 heterocycles. The van der Waals surface area contributed by atoms with E-state index in [1.54, 1.807) is 42.1 Å². The van der Waals surface area contributed by atoms with Gasteiger partial charge in [0.05, 0.1) is 23.4 Å². The number of anilines is 2. The molecule has 0 radical (unpaired) electrons. The monoisotopic (exact) mass is 566 g/mol. The minimum Gasteiger partial charge on any atom is -0.497 e. The first kappa shape index (κ1) is 27.6. The summed E-state index contributed by atoms with van der Waals surface area (Å²) in [5.74, 6) is 0.768. The number of nitrogens with zero attached hydrogens (tertiary/aromatic N) is 1. The largest absolute Gasteiger partial charge is 0.497 e. The van der Waals surface area contributed by atoms with Gasteiger partial charge in [-0.2, -0.15) is 0 Å². The molecule has 0 aliphatic rings. The molecule has 38 heavy (non-hydrogen) atoms. The maximum absolute atomic E-state index is 13.6. The Labute approximate surface area is 232 Å². The van der Waals surface area contributed by atoms with E-state index in [9.17, 15) is 13.2 Å². The molecule has 6 nitrogen and oxygen atoms in total. The Morgan fingerprint density at radius 3 is 2.24 bits per heavy atom. The number of nitrogens with one attached hydrogen (secondary N) is 1. The third kappa shape index (κ3) is 6.89. The molecule has 9 heteroatoms. The van der Waals surface area contributed by atoms with Gasteiger partial charge in [-0.3, -0.25) is 9.10 Å². The fourth-order valence-corrected chi connectivity index (χ4v) is 6.17. The van der Waals surface area contributed by atoms with E-state index in [1.807, 2.05) is 61.5 Å². The second-order valence-electron chi connectivity index (χ2n) is 8.48. The van der Waals surface area contributed by atoms with Crippen molar-refractivity contribution < 1.29 is 17.9 Å². The van der Waals surface area contributed by atoms with Crippen LogP contribution in [0.15, 0.2) is 107 Å². The summed E-state index contributed by atoms with van der Waals surface area (Å²) in [6.07, 6.45) is 0. The molecule has 0 atom stereocenters. The Morgan fingerprint density at radius 2 is 1.58 bits per heavy atom. The molecule has 0 saturated carbocycles. The van der Waals surface area contributed by atoms with Gasteiger partial charge in [-0.15, -0.1) is 11.8 Å². The predicted molar refractivity (Wildman–Crippen MR) is 155 cm³/mol. The summed E-state index contributed by atoms with van der Waals surface area (Å²) in [5, 5.41) is 3.58. The molecule has 4 rings (SSSR count). The molecular formula is C29H27ClN2O4S2. The number of halogens is 1. The number of rotatable bonds is 10. The van der Waals surface area contributed by atoms with Gasteiger partial charge < -0.3 is 10.1 Å². The summed E-state index contributed by atoms with van der Waals surface area (Å²) in [7, 11) is -2.53. The number of aryl methyl sites for hydroxylation is 1. The van der Waals surface area contributed by atoms with Crippen molar-refractivity contribution in [3.05, 3.63) is 113 Å². The molecule has 0 spiro atoms. The number of hydrogen-bond donors (Lipinski definition) is 1. The molecule has 0 saturated heterocycles. The van der Waals surface area contributed by atoms with Crippen molar-refractivity contribution in [1.29, 1.82) is 0 Å². The number of thioether (sulfide) groups is 1. The van der Waals surface area contributed by atoms with Crippen molar-refractivity contribution >= 4 is 50.7 Å². The van der Waals surface area contributed by atoms with Crippen molar-refractivity contribution in [3.8, 4) is 5.75 Å². The van der Waals surface area contributed by atoms with Crippen LogP contribution in [-0.4, -0.2) is 28.0 Å². The van der Waals surface area contributed by atoms with E-state index in [-0.39, 0.29) is 4.90 Å². The van der Waals surface area contributed by atoms with Crippen molar-refractivity contribution in [2.45, 2.75) is 22.5 Å². The first-order valence-corrected chi connectivity index (χ1v) is 14.6. The number of carbonyl (C=O) groups excluding carboxylic acids is 1. The van der Waals surface area contributed by atoms with Gasteiger partial charge in [-0.1, -0.05) is 53.6 Å². The van der Waals surface area contributed by atoms with Gasteiger partial charge in [-0.05, 0) is 73.2 Å². The summed E-state index contributed by atoms with van der Waals surface area (Å²) in [6.45, 7) is 1.52. The van der Waals surface area contributed by atoms with Crippen molar-refractivity contribution in [2.24, 2.45) is 0 Å². The highest BCUT2D eigenvalue weighted by molar-refractivity contribution is 7.98. The summed E-state index contributed by atoms with van der Waals surface area (Å²) >= 11 is 7.55. The molecule has 1 amide bonds. The number of ether oxygens (including phenoxy) is 1. The first-order chi connectivity index (χ1) is 18.3. The van der Waals surface area contributed by atoms with E-state index in [2.05, 4.69) is 5.32 Å². The van der Waals surface area contributed by atoms with Crippen LogP contribution in [0, 0.1) is 6.92 Å². The molecule has 0 aromatic heterocycles. The number of amides is 1. The van der Waals surface area contributed by atoms with Crippen LogP contribution in [0.25, 0.3) is 0 Å². The number of para-hydroxylation sites is 1. The number of hydrogen-bond acceptors (Lipinski definition) is 5. The molecule has 0 fully saturated rings. The minimum atomic E-state index is -4.04. The summed E-state index contributed by atoms with van der Waals surface area (Å²) in [6, 6.07) is 28.1. The van der Waals surface area contributed by atoms with Gasteiger partial charge >= 0.3 is 0 Å². The van der Waals surface area contributed by atoms with Crippen LogP contribution in [0.4, 0.5) is 11.4 Å². The SMILES string of the molecule is COc1ccc(S(=O)(=O)N(CC(=O)Nc2ccccc2SCc2ccc(Cl)cc2)c2ccc(C)cc2)cc1. The molecule has 1 N–H and O–H groups in total. The van der Waals surface area contributed by atoms with E-state index in [0.717, 1.165) is 20.3 Å². The molecule has 0 aliphatic carbocycles. The van der Waals surface area contributed by atoms with Crippen LogP contribution in [0.2, 0.25) is 5.02 Å². The molecule has 0 bridgehead atoms. The Bertz CT molecular complexity index is 1490. The van der Waals surface area contributed by atoms with Crippen LogP contribution < -0.4 is 14.4 Å². The topological polar surface area (TPSA) is 75.7 Å². The maximum atomic E-state index is 13.6. The van der Waals surface area contributed by atoms with Crippen molar-refractivity contribution in [1.82, 2.24) is 0 Å². The van der Waals surface area contributed by atoms with E-state index in [1.165, 1.54) is 19.2 Å². The molecule has 4 aromatic rings. The predicted octanol–water partition coefficient (Wildman–Crippen LogP) is 6.78. The zero-order valence-electron chi connectivity index (χ0n) is 20.9.